The molecule has 0 radical (unpaired) electrons. The molecule has 0 spiro atoms. The molecule has 2 fully saturated rings. The van der Waals surface area contributed by atoms with Gasteiger partial charge in [0.05, 0.1) is 6.54 Å². The van der Waals surface area contributed by atoms with Gasteiger partial charge in [-0.05, 0) is 25.0 Å². The summed E-state index contributed by atoms with van der Waals surface area (Å²) in [6, 6.07) is 5.81. The number of rotatable bonds is 4. The molecule has 5 rings (SSSR count). The molecular formula is C17H17N7O2. The van der Waals surface area contributed by atoms with Crippen LogP contribution in [0.1, 0.15) is 24.5 Å². The van der Waals surface area contributed by atoms with E-state index in [4.69, 9.17) is 4.74 Å². The molecule has 3 aromatic heterocycles. The van der Waals surface area contributed by atoms with Gasteiger partial charge in [-0.2, -0.15) is 10.1 Å². The van der Waals surface area contributed by atoms with Crippen molar-refractivity contribution < 1.29 is 9.53 Å². The van der Waals surface area contributed by atoms with Gasteiger partial charge in [0.25, 0.3) is 0 Å². The molecule has 26 heavy (non-hydrogen) atoms. The van der Waals surface area contributed by atoms with E-state index in [0.717, 1.165) is 11.2 Å². The summed E-state index contributed by atoms with van der Waals surface area (Å²) in [7, 11) is 0. The van der Waals surface area contributed by atoms with Crippen LogP contribution in [0.25, 0.3) is 5.52 Å². The zero-order valence-electron chi connectivity index (χ0n) is 14.0. The van der Waals surface area contributed by atoms with Crippen molar-refractivity contribution in [3.8, 4) is 0 Å². The molecule has 1 aliphatic heterocycles. The molecule has 1 aliphatic carbocycles. The number of esters is 1. The number of morpholine rings is 1. The van der Waals surface area contributed by atoms with Crippen molar-refractivity contribution in [3.63, 3.8) is 0 Å². The highest BCUT2D eigenvalue weighted by molar-refractivity contribution is 5.92. The van der Waals surface area contributed by atoms with E-state index in [2.05, 4.69) is 32.2 Å². The van der Waals surface area contributed by atoms with Gasteiger partial charge in [0.1, 0.15) is 17.8 Å². The first kappa shape index (κ1) is 14.9. The van der Waals surface area contributed by atoms with Crippen molar-refractivity contribution in [2.45, 2.75) is 18.8 Å². The van der Waals surface area contributed by atoms with Crippen molar-refractivity contribution in [2.75, 3.05) is 23.4 Å². The van der Waals surface area contributed by atoms with Crippen LogP contribution in [0.2, 0.25) is 0 Å². The van der Waals surface area contributed by atoms with Crippen LogP contribution in [0.15, 0.2) is 36.7 Å². The van der Waals surface area contributed by atoms with Crippen LogP contribution >= 0.6 is 0 Å². The predicted octanol–water partition coefficient (Wildman–Crippen LogP) is 1.95. The van der Waals surface area contributed by atoms with E-state index < -0.39 is 5.97 Å². The monoisotopic (exact) mass is 351 g/mol. The number of aromatic nitrogens is 5. The molecule has 132 valence electrons. The number of hydrogen-bond donors (Lipinski definition) is 2. The molecular weight excluding hydrogens is 334 g/mol. The summed E-state index contributed by atoms with van der Waals surface area (Å²) in [5, 5.41) is 15.1. The van der Waals surface area contributed by atoms with E-state index in [1.165, 1.54) is 12.8 Å². The average Bonchev–Trinajstić information content (AvgIpc) is 3.19. The van der Waals surface area contributed by atoms with E-state index >= 15 is 0 Å². The molecule has 9 heteroatoms. The third-order valence-electron chi connectivity index (χ3n) is 4.59. The minimum absolute atomic E-state index is 0.226. The zero-order valence-corrected chi connectivity index (χ0v) is 14.0. The molecule has 0 unspecified atom stereocenters. The maximum Gasteiger partial charge on any atom is 0.354 e. The summed E-state index contributed by atoms with van der Waals surface area (Å²) in [4.78, 5) is 18.1. The summed E-state index contributed by atoms with van der Waals surface area (Å²) in [6.07, 6.45) is 4.24. The normalized spacial score (nSPS) is 17.6. The van der Waals surface area contributed by atoms with Crippen molar-refractivity contribution in [1.82, 2.24) is 24.8 Å². The van der Waals surface area contributed by atoms with Crippen LogP contribution in [0.5, 0.6) is 0 Å². The lowest BCUT2D eigenvalue weighted by Gasteiger charge is -2.27. The Labute approximate surface area is 148 Å². The highest BCUT2D eigenvalue weighted by Gasteiger charge is 2.27. The van der Waals surface area contributed by atoms with E-state index in [9.17, 15) is 4.79 Å². The largest absolute Gasteiger partial charge is 0.459 e. The van der Waals surface area contributed by atoms with Crippen molar-refractivity contribution in [1.29, 1.82) is 0 Å². The van der Waals surface area contributed by atoms with Gasteiger partial charge < -0.3 is 10.1 Å². The summed E-state index contributed by atoms with van der Waals surface area (Å²) < 4.78 is 6.71. The molecule has 1 saturated carbocycles. The topological polar surface area (TPSA) is 100 Å². The maximum absolute atomic E-state index is 11.8. The molecule has 2 aliphatic rings. The van der Waals surface area contributed by atoms with Crippen molar-refractivity contribution in [3.05, 3.63) is 42.4 Å². The van der Waals surface area contributed by atoms with Gasteiger partial charge in [-0.3, -0.25) is 10.00 Å². The first-order valence-electron chi connectivity index (χ1n) is 8.50. The fraction of sp³-hybridized carbons (Fsp3) is 0.294. The Balaban J connectivity index is 1.52. The standard InChI is InChI=1S/C17H17N7O2/c1-10-16(25)26-8-7-23(10)17-19-15(13-3-2-6-24(13)22-17)18-14-9-12(20-21-14)11-4-5-11/h2-3,6,9,11H,1,4-5,7-8H2,(H2,18,19,20,21,22). The molecule has 3 aromatic rings. The number of cyclic esters (lactones) is 1. The summed E-state index contributed by atoms with van der Waals surface area (Å²) >= 11 is 0. The number of aromatic amines is 1. The zero-order chi connectivity index (χ0) is 17.7. The quantitative estimate of drug-likeness (QED) is 0.547. The number of carbonyl (C=O) groups is 1. The number of H-pyrrole nitrogens is 1. The molecule has 2 N–H and O–H groups in total. The van der Waals surface area contributed by atoms with E-state index in [0.29, 0.717) is 30.0 Å². The van der Waals surface area contributed by atoms with Crippen LogP contribution in [-0.2, 0) is 9.53 Å². The average molecular weight is 351 g/mol. The Kier molecular flexibility index (Phi) is 3.21. The summed E-state index contributed by atoms with van der Waals surface area (Å²) in [5.41, 5.74) is 2.18. The number of anilines is 3. The first-order chi connectivity index (χ1) is 12.7. The van der Waals surface area contributed by atoms with E-state index in [1.54, 1.807) is 9.42 Å². The minimum Gasteiger partial charge on any atom is -0.459 e. The highest BCUT2D eigenvalue weighted by atomic mass is 16.5. The van der Waals surface area contributed by atoms with Crippen LogP contribution in [0.3, 0.4) is 0 Å². The summed E-state index contributed by atoms with van der Waals surface area (Å²) in [6.45, 7) is 4.53. The van der Waals surface area contributed by atoms with Gasteiger partial charge in [-0.25, -0.2) is 9.31 Å². The first-order valence-corrected chi connectivity index (χ1v) is 8.50. The van der Waals surface area contributed by atoms with Crippen LogP contribution in [0.4, 0.5) is 17.6 Å². The lowest BCUT2D eigenvalue weighted by Crippen LogP contribution is -2.38. The second-order valence-electron chi connectivity index (χ2n) is 6.44. The minimum atomic E-state index is -0.455. The molecule has 0 amide bonds. The SMILES string of the molecule is C=C1C(=O)OCCN1c1nc(Nc2cc(C3CC3)[nH]n2)c2cccn2n1. The number of carbonyl (C=O) groups excluding carboxylic acids is 1. The smallest absolute Gasteiger partial charge is 0.354 e. The van der Waals surface area contributed by atoms with Gasteiger partial charge in [0, 0.05) is 23.9 Å². The van der Waals surface area contributed by atoms with Crippen molar-refractivity contribution in [2.24, 2.45) is 0 Å². The van der Waals surface area contributed by atoms with Crippen LogP contribution < -0.4 is 10.2 Å². The van der Waals surface area contributed by atoms with Crippen LogP contribution in [-0.4, -0.2) is 43.9 Å². The number of hydrogen-bond acceptors (Lipinski definition) is 7. The predicted molar refractivity (Wildman–Crippen MR) is 94.3 cm³/mol. The van der Waals surface area contributed by atoms with E-state index in [1.807, 2.05) is 24.4 Å². The molecule has 0 atom stereocenters. The lowest BCUT2D eigenvalue weighted by atomic mass is 10.3. The summed E-state index contributed by atoms with van der Waals surface area (Å²) in [5.74, 6) is 1.84. The fourth-order valence-corrected chi connectivity index (χ4v) is 3.03. The third kappa shape index (κ3) is 2.48. The van der Waals surface area contributed by atoms with Gasteiger partial charge >= 0.3 is 5.97 Å². The van der Waals surface area contributed by atoms with E-state index in [-0.39, 0.29) is 12.3 Å². The lowest BCUT2D eigenvalue weighted by molar-refractivity contribution is -0.140. The van der Waals surface area contributed by atoms with Gasteiger partial charge in [-0.1, -0.05) is 6.58 Å². The Morgan fingerprint density at radius 3 is 3.12 bits per heavy atom. The van der Waals surface area contributed by atoms with Crippen LogP contribution in [0, 0.1) is 0 Å². The molecule has 4 heterocycles. The number of nitrogens with zero attached hydrogens (tertiary/aromatic N) is 5. The molecule has 0 aromatic carbocycles. The Bertz CT molecular complexity index is 1020. The fourth-order valence-electron chi connectivity index (χ4n) is 3.03. The molecule has 9 nitrogen and oxygen atoms in total. The van der Waals surface area contributed by atoms with Gasteiger partial charge in [0.2, 0.25) is 5.95 Å². The van der Waals surface area contributed by atoms with Crippen molar-refractivity contribution >= 4 is 29.1 Å². The maximum atomic E-state index is 11.8. The third-order valence-corrected chi connectivity index (χ3v) is 4.59. The number of nitrogens with one attached hydrogen (secondary N) is 2. The van der Waals surface area contributed by atoms with Gasteiger partial charge in [-0.15, -0.1) is 5.10 Å². The Morgan fingerprint density at radius 1 is 1.38 bits per heavy atom. The Hall–Kier alpha value is -3.36. The second-order valence-corrected chi connectivity index (χ2v) is 6.44. The second kappa shape index (κ2) is 5.58. The highest BCUT2D eigenvalue weighted by Crippen LogP contribution is 2.39. The molecule has 0 bridgehead atoms. The van der Waals surface area contributed by atoms with Gasteiger partial charge in [0.15, 0.2) is 11.6 Å². The Morgan fingerprint density at radius 2 is 2.27 bits per heavy atom. The number of ether oxygens (including phenoxy) is 1. The number of fused-ring (bicyclic) bond motifs is 1. The molecule has 1 saturated heterocycles.